The van der Waals surface area contributed by atoms with Gasteiger partial charge in [-0.2, -0.15) is 0 Å². The molecule has 1 aliphatic heterocycles. The van der Waals surface area contributed by atoms with Crippen LogP contribution in [0.4, 0.5) is 0 Å². The van der Waals surface area contributed by atoms with Crippen molar-refractivity contribution in [1.82, 2.24) is 10.2 Å². The van der Waals surface area contributed by atoms with Gasteiger partial charge in [-0.3, -0.25) is 9.59 Å². The zero-order valence-corrected chi connectivity index (χ0v) is 14.1. The molecule has 0 aliphatic carbocycles. The first kappa shape index (κ1) is 16.0. The monoisotopic (exact) mass is 348 g/mol. The molecule has 0 saturated carbocycles. The zero-order chi connectivity index (χ0) is 16.2. The van der Waals surface area contributed by atoms with Crippen molar-refractivity contribution in [2.45, 2.75) is 18.9 Å². The van der Waals surface area contributed by atoms with E-state index in [9.17, 15) is 9.59 Å². The minimum absolute atomic E-state index is 0.0229. The van der Waals surface area contributed by atoms with Gasteiger partial charge < -0.3 is 10.2 Å². The summed E-state index contributed by atoms with van der Waals surface area (Å²) in [5.74, 6) is -0.0323. The molecule has 1 saturated heterocycles. The molecule has 0 unspecified atom stereocenters. The van der Waals surface area contributed by atoms with E-state index in [-0.39, 0.29) is 17.9 Å². The molecule has 2 heterocycles. The number of nitrogens with one attached hydrogen (secondary N) is 1. The number of benzene rings is 1. The van der Waals surface area contributed by atoms with Gasteiger partial charge in [-0.25, -0.2) is 0 Å². The van der Waals surface area contributed by atoms with Crippen LogP contribution in [0, 0.1) is 0 Å². The Morgan fingerprint density at radius 2 is 1.78 bits per heavy atom. The molecular formula is C17H17ClN2O2S. The van der Waals surface area contributed by atoms with Gasteiger partial charge in [-0.1, -0.05) is 29.8 Å². The maximum atomic E-state index is 12.4. The van der Waals surface area contributed by atoms with Crippen LogP contribution in [0.25, 0.3) is 0 Å². The Kier molecular flexibility index (Phi) is 4.98. The van der Waals surface area contributed by atoms with Gasteiger partial charge in [0, 0.05) is 24.7 Å². The lowest BCUT2D eigenvalue weighted by atomic mass is 10.0. The van der Waals surface area contributed by atoms with Crippen LogP contribution in [0.3, 0.4) is 0 Å². The highest BCUT2D eigenvalue weighted by Crippen LogP contribution is 2.24. The number of hydrogen-bond donors (Lipinski definition) is 1. The zero-order valence-electron chi connectivity index (χ0n) is 12.5. The number of rotatable bonds is 3. The first-order valence-corrected chi connectivity index (χ1v) is 8.73. The second-order valence-corrected chi connectivity index (χ2v) is 7.22. The van der Waals surface area contributed by atoms with E-state index in [1.807, 2.05) is 23.1 Å². The molecule has 6 heteroatoms. The summed E-state index contributed by atoms with van der Waals surface area (Å²) in [5, 5.41) is 3.04. The number of carbonyl (C=O) groups is 2. The maximum absolute atomic E-state index is 12.4. The fraction of sp³-hybridized carbons (Fsp3) is 0.294. The van der Waals surface area contributed by atoms with Gasteiger partial charge in [0.1, 0.15) is 0 Å². The normalized spacial score (nSPS) is 15.4. The lowest BCUT2D eigenvalue weighted by Gasteiger charge is -2.32. The quantitative estimate of drug-likeness (QED) is 0.923. The van der Waals surface area contributed by atoms with Gasteiger partial charge in [0.2, 0.25) is 0 Å². The minimum atomic E-state index is -0.0552. The lowest BCUT2D eigenvalue weighted by molar-refractivity contribution is 0.0703. The van der Waals surface area contributed by atoms with Crippen LogP contribution in [0.5, 0.6) is 0 Å². The molecule has 120 valence electrons. The fourth-order valence-corrected chi connectivity index (χ4v) is 3.68. The second kappa shape index (κ2) is 7.15. The third-order valence-electron chi connectivity index (χ3n) is 3.94. The van der Waals surface area contributed by atoms with Crippen molar-refractivity contribution in [2.75, 3.05) is 13.1 Å². The summed E-state index contributed by atoms with van der Waals surface area (Å²) >= 11 is 7.19. The molecule has 1 fully saturated rings. The molecule has 2 aromatic rings. The Bertz CT molecular complexity index is 694. The van der Waals surface area contributed by atoms with Crippen LogP contribution < -0.4 is 5.32 Å². The molecular weight excluding hydrogens is 332 g/mol. The van der Waals surface area contributed by atoms with Crippen LogP contribution in [-0.2, 0) is 0 Å². The molecule has 0 radical (unpaired) electrons. The van der Waals surface area contributed by atoms with Gasteiger partial charge in [0.25, 0.3) is 11.8 Å². The first-order chi connectivity index (χ1) is 11.1. The van der Waals surface area contributed by atoms with Gasteiger partial charge in [0.15, 0.2) is 0 Å². The molecule has 1 aromatic carbocycles. The molecule has 3 rings (SSSR count). The molecule has 4 nitrogen and oxygen atoms in total. The van der Waals surface area contributed by atoms with Crippen LogP contribution in [0.2, 0.25) is 4.34 Å². The Morgan fingerprint density at radius 1 is 1.09 bits per heavy atom. The summed E-state index contributed by atoms with van der Waals surface area (Å²) in [6, 6.07) is 12.8. The van der Waals surface area contributed by atoms with E-state index >= 15 is 0 Å². The molecule has 0 spiro atoms. The molecule has 1 aromatic heterocycles. The van der Waals surface area contributed by atoms with Crippen molar-refractivity contribution in [2.24, 2.45) is 0 Å². The number of amides is 2. The lowest BCUT2D eigenvalue weighted by Crippen LogP contribution is -2.46. The Balaban J connectivity index is 1.52. The van der Waals surface area contributed by atoms with Crippen molar-refractivity contribution < 1.29 is 9.59 Å². The van der Waals surface area contributed by atoms with E-state index in [0.29, 0.717) is 27.9 Å². The molecule has 23 heavy (non-hydrogen) atoms. The predicted molar refractivity (Wildman–Crippen MR) is 92.2 cm³/mol. The number of piperidine rings is 1. The van der Waals surface area contributed by atoms with E-state index in [0.717, 1.165) is 12.8 Å². The smallest absolute Gasteiger partial charge is 0.263 e. The Morgan fingerprint density at radius 3 is 2.39 bits per heavy atom. The van der Waals surface area contributed by atoms with E-state index < -0.39 is 0 Å². The SMILES string of the molecule is O=C(NC1CCN(C(=O)c2ccc(Cl)s2)CC1)c1ccccc1. The van der Waals surface area contributed by atoms with Gasteiger partial charge in [-0.05, 0) is 37.1 Å². The van der Waals surface area contributed by atoms with E-state index in [1.165, 1.54) is 11.3 Å². The van der Waals surface area contributed by atoms with E-state index in [4.69, 9.17) is 11.6 Å². The number of thiophene rings is 1. The molecule has 2 amide bonds. The number of likely N-dealkylation sites (tertiary alicyclic amines) is 1. The molecule has 0 bridgehead atoms. The maximum Gasteiger partial charge on any atom is 0.263 e. The summed E-state index contributed by atoms with van der Waals surface area (Å²) in [7, 11) is 0. The highest BCUT2D eigenvalue weighted by Gasteiger charge is 2.25. The van der Waals surface area contributed by atoms with Crippen molar-refractivity contribution in [1.29, 1.82) is 0 Å². The topological polar surface area (TPSA) is 49.4 Å². The fourth-order valence-electron chi connectivity index (χ4n) is 2.67. The highest BCUT2D eigenvalue weighted by atomic mass is 35.5. The first-order valence-electron chi connectivity index (χ1n) is 7.54. The summed E-state index contributed by atoms with van der Waals surface area (Å²) < 4.78 is 0.623. The number of hydrogen-bond acceptors (Lipinski definition) is 3. The Labute approximate surface area is 144 Å². The van der Waals surface area contributed by atoms with E-state index in [2.05, 4.69) is 5.32 Å². The Hall–Kier alpha value is -1.85. The number of halogens is 1. The highest BCUT2D eigenvalue weighted by molar-refractivity contribution is 7.17. The third-order valence-corrected chi connectivity index (χ3v) is 5.16. The van der Waals surface area contributed by atoms with Crippen molar-refractivity contribution >= 4 is 34.8 Å². The second-order valence-electron chi connectivity index (χ2n) is 5.51. The van der Waals surface area contributed by atoms with E-state index in [1.54, 1.807) is 24.3 Å². The third kappa shape index (κ3) is 3.92. The van der Waals surface area contributed by atoms with Crippen LogP contribution in [-0.4, -0.2) is 35.8 Å². The summed E-state index contributed by atoms with van der Waals surface area (Å²) in [6.45, 7) is 1.29. The summed E-state index contributed by atoms with van der Waals surface area (Å²) in [5.41, 5.74) is 0.666. The summed E-state index contributed by atoms with van der Waals surface area (Å²) in [4.78, 5) is 27.0. The standard InChI is InChI=1S/C17H17ClN2O2S/c18-15-7-6-14(23-15)17(22)20-10-8-13(9-11-20)19-16(21)12-4-2-1-3-5-12/h1-7,13H,8-11H2,(H,19,21). The molecule has 1 aliphatic rings. The number of nitrogens with zero attached hydrogens (tertiary/aromatic N) is 1. The largest absolute Gasteiger partial charge is 0.349 e. The van der Waals surface area contributed by atoms with Crippen LogP contribution in [0.15, 0.2) is 42.5 Å². The van der Waals surface area contributed by atoms with Crippen LogP contribution in [0.1, 0.15) is 32.9 Å². The van der Waals surface area contributed by atoms with Crippen LogP contribution >= 0.6 is 22.9 Å². The van der Waals surface area contributed by atoms with Gasteiger partial charge in [-0.15, -0.1) is 11.3 Å². The summed E-state index contributed by atoms with van der Waals surface area (Å²) in [6.07, 6.45) is 1.53. The number of carbonyl (C=O) groups excluding carboxylic acids is 2. The van der Waals surface area contributed by atoms with Crippen molar-refractivity contribution in [3.05, 3.63) is 57.2 Å². The van der Waals surface area contributed by atoms with Crippen molar-refractivity contribution in [3.63, 3.8) is 0 Å². The minimum Gasteiger partial charge on any atom is -0.349 e. The van der Waals surface area contributed by atoms with Gasteiger partial charge >= 0.3 is 0 Å². The average Bonchev–Trinajstić information content (AvgIpc) is 3.02. The molecule has 1 N–H and O–H groups in total. The van der Waals surface area contributed by atoms with Crippen molar-refractivity contribution in [3.8, 4) is 0 Å². The average molecular weight is 349 g/mol. The predicted octanol–water partition coefficient (Wildman–Crippen LogP) is 3.44. The van der Waals surface area contributed by atoms with Gasteiger partial charge in [0.05, 0.1) is 9.21 Å². The molecule has 0 atom stereocenters.